The normalized spacial score (nSPS) is 19.9. The Morgan fingerprint density at radius 1 is 1.56 bits per heavy atom. The molecule has 1 aliphatic heterocycles. The number of rotatable bonds is 4. The van der Waals surface area contributed by atoms with Crippen LogP contribution in [-0.2, 0) is 4.74 Å². The lowest BCUT2D eigenvalue weighted by Gasteiger charge is -2.24. The SMILES string of the molecule is Nc1ccc(N(CS)CC2CCOC2)cn1. The summed E-state index contributed by atoms with van der Waals surface area (Å²) in [5, 5.41) is 0. The van der Waals surface area contributed by atoms with Crippen LogP contribution in [0.3, 0.4) is 0 Å². The molecular weight excluding hydrogens is 222 g/mol. The molecule has 0 bridgehead atoms. The molecule has 2 heterocycles. The minimum Gasteiger partial charge on any atom is -0.384 e. The molecule has 1 aromatic rings. The molecule has 1 aromatic heterocycles. The van der Waals surface area contributed by atoms with E-state index in [0.29, 0.717) is 17.6 Å². The summed E-state index contributed by atoms with van der Waals surface area (Å²) in [6.45, 7) is 2.70. The Morgan fingerprint density at radius 3 is 3.00 bits per heavy atom. The number of hydrogen-bond acceptors (Lipinski definition) is 5. The quantitative estimate of drug-likeness (QED) is 0.616. The molecule has 0 amide bonds. The van der Waals surface area contributed by atoms with Gasteiger partial charge in [-0.2, -0.15) is 12.6 Å². The molecule has 1 atom stereocenters. The zero-order chi connectivity index (χ0) is 11.4. The summed E-state index contributed by atoms with van der Waals surface area (Å²) in [6.07, 6.45) is 2.92. The summed E-state index contributed by atoms with van der Waals surface area (Å²) in [5.74, 6) is 1.83. The van der Waals surface area contributed by atoms with E-state index in [-0.39, 0.29) is 0 Å². The smallest absolute Gasteiger partial charge is 0.123 e. The molecule has 88 valence electrons. The topological polar surface area (TPSA) is 51.4 Å². The number of pyridine rings is 1. The fourth-order valence-corrected chi connectivity index (χ4v) is 2.15. The first-order valence-electron chi connectivity index (χ1n) is 5.44. The first-order valence-corrected chi connectivity index (χ1v) is 6.08. The number of nitrogens with two attached hydrogens (primary N) is 1. The van der Waals surface area contributed by atoms with Gasteiger partial charge >= 0.3 is 0 Å². The van der Waals surface area contributed by atoms with Crippen molar-refractivity contribution in [2.75, 3.05) is 36.3 Å². The van der Waals surface area contributed by atoms with Crippen molar-refractivity contribution in [2.24, 2.45) is 5.92 Å². The first-order chi connectivity index (χ1) is 7.79. The van der Waals surface area contributed by atoms with E-state index >= 15 is 0 Å². The van der Waals surface area contributed by atoms with Crippen LogP contribution in [-0.4, -0.2) is 30.6 Å². The Labute approximate surface area is 101 Å². The zero-order valence-corrected chi connectivity index (χ0v) is 10.1. The van der Waals surface area contributed by atoms with Gasteiger partial charge in [0, 0.05) is 19.1 Å². The van der Waals surface area contributed by atoms with Gasteiger partial charge in [0.05, 0.1) is 24.4 Å². The van der Waals surface area contributed by atoms with Crippen LogP contribution in [0.25, 0.3) is 0 Å². The Balaban J connectivity index is 2.00. The number of nitrogens with zero attached hydrogens (tertiary/aromatic N) is 2. The van der Waals surface area contributed by atoms with Gasteiger partial charge < -0.3 is 15.4 Å². The van der Waals surface area contributed by atoms with E-state index in [1.807, 2.05) is 12.1 Å². The number of ether oxygens (including phenoxy) is 1. The molecule has 0 aromatic carbocycles. The lowest BCUT2D eigenvalue weighted by Crippen LogP contribution is -2.28. The van der Waals surface area contributed by atoms with E-state index in [1.54, 1.807) is 6.20 Å². The fourth-order valence-electron chi connectivity index (χ4n) is 1.87. The van der Waals surface area contributed by atoms with Gasteiger partial charge in [-0.05, 0) is 18.6 Å². The van der Waals surface area contributed by atoms with Crippen LogP contribution in [0.4, 0.5) is 11.5 Å². The molecule has 1 aliphatic rings. The Morgan fingerprint density at radius 2 is 2.44 bits per heavy atom. The standard InChI is InChI=1S/C11H17N3OS/c12-11-2-1-10(5-13-11)14(8-16)6-9-3-4-15-7-9/h1-2,5,9,16H,3-4,6-8H2,(H2,12,13). The Hall–Kier alpha value is -0.940. The lowest BCUT2D eigenvalue weighted by atomic mass is 10.1. The van der Waals surface area contributed by atoms with Crippen LogP contribution >= 0.6 is 12.6 Å². The minimum atomic E-state index is 0.548. The predicted molar refractivity (Wildman–Crippen MR) is 68.8 cm³/mol. The van der Waals surface area contributed by atoms with Crippen LogP contribution in [0.1, 0.15) is 6.42 Å². The fraction of sp³-hybridized carbons (Fsp3) is 0.545. The molecule has 2 N–H and O–H groups in total. The van der Waals surface area contributed by atoms with E-state index in [0.717, 1.165) is 31.9 Å². The van der Waals surface area contributed by atoms with Crippen molar-refractivity contribution >= 4 is 24.1 Å². The summed E-state index contributed by atoms with van der Waals surface area (Å²) >= 11 is 4.35. The number of thiol groups is 1. The van der Waals surface area contributed by atoms with Gasteiger partial charge in [0.25, 0.3) is 0 Å². The molecule has 1 unspecified atom stereocenters. The van der Waals surface area contributed by atoms with Crippen LogP contribution < -0.4 is 10.6 Å². The van der Waals surface area contributed by atoms with Crippen molar-refractivity contribution in [1.29, 1.82) is 0 Å². The maximum Gasteiger partial charge on any atom is 0.123 e. The van der Waals surface area contributed by atoms with Crippen molar-refractivity contribution in [3.05, 3.63) is 18.3 Å². The van der Waals surface area contributed by atoms with Crippen molar-refractivity contribution in [1.82, 2.24) is 4.98 Å². The summed E-state index contributed by atoms with van der Waals surface area (Å²) < 4.78 is 5.37. The van der Waals surface area contributed by atoms with Gasteiger partial charge in [-0.15, -0.1) is 0 Å². The Kier molecular flexibility index (Phi) is 3.90. The first kappa shape index (κ1) is 11.5. The summed E-state index contributed by atoms with van der Waals surface area (Å²) in [7, 11) is 0. The number of hydrogen-bond donors (Lipinski definition) is 2. The van der Waals surface area contributed by atoms with Gasteiger partial charge in [0.2, 0.25) is 0 Å². The third-order valence-corrected chi connectivity index (χ3v) is 3.15. The van der Waals surface area contributed by atoms with E-state index in [2.05, 4.69) is 22.5 Å². The van der Waals surface area contributed by atoms with Gasteiger partial charge in [-0.25, -0.2) is 4.98 Å². The molecule has 1 saturated heterocycles. The van der Waals surface area contributed by atoms with Gasteiger partial charge in [-0.3, -0.25) is 0 Å². The minimum absolute atomic E-state index is 0.548. The van der Waals surface area contributed by atoms with Gasteiger partial charge in [-0.1, -0.05) is 0 Å². The van der Waals surface area contributed by atoms with E-state index in [9.17, 15) is 0 Å². The molecule has 0 aliphatic carbocycles. The summed E-state index contributed by atoms with van der Waals surface area (Å²) in [5.41, 5.74) is 6.63. The maximum atomic E-state index is 5.56. The second-order valence-electron chi connectivity index (χ2n) is 4.03. The maximum absolute atomic E-state index is 5.56. The molecule has 0 saturated carbocycles. The number of aromatic nitrogens is 1. The van der Waals surface area contributed by atoms with Crippen LogP contribution in [0, 0.1) is 5.92 Å². The lowest BCUT2D eigenvalue weighted by molar-refractivity contribution is 0.186. The number of nitrogen functional groups attached to an aromatic ring is 1. The summed E-state index contributed by atoms with van der Waals surface area (Å²) in [4.78, 5) is 6.28. The molecule has 16 heavy (non-hydrogen) atoms. The molecule has 0 spiro atoms. The van der Waals surface area contributed by atoms with Crippen molar-refractivity contribution in [3.63, 3.8) is 0 Å². The molecule has 5 heteroatoms. The van der Waals surface area contributed by atoms with E-state index in [4.69, 9.17) is 10.5 Å². The highest BCUT2D eigenvalue weighted by atomic mass is 32.1. The second kappa shape index (κ2) is 5.41. The third kappa shape index (κ3) is 2.80. The third-order valence-electron chi connectivity index (χ3n) is 2.81. The molecule has 0 radical (unpaired) electrons. The average molecular weight is 239 g/mol. The molecule has 2 rings (SSSR count). The highest BCUT2D eigenvalue weighted by Gasteiger charge is 2.18. The molecule has 1 fully saturated rings. The average Bonchev–Trinajstić information content (AvgIpc) is 2.80. The predicted octanol–water partition coefficient (Wildman–Crippen LogP) is 1.39. The van der Waals surface area contributed by atoms with E-state index < -0.39 is 0 Å². The largest absolute Gasteiger partial charge is 0.384 e. The summed E-state index contributed by atoms with van der Waals surface area (Å²) in [6, 6.07) is 3.80. The van der Waals surface area contributed by atoms with Crippen molar-refractivity contribution in [3.8, 4) is 0 Å². The zero-order valence-electron chi connectivity index (χ0n) is 9.17. The molecular formula is C11H17N3OS. The highest BCUT2D eigenvalue weighted by molar-refractivity contribution is 7.80. The second-order valence-corrected chi connectivity index (χ2v) is 4.32. The number of anilines is 2. The van der Waals surface area contributed by atoms with Crippen LogP contribution in [0.5, 0.6) is 0 Å². The Bertz CT molecular complexity index is 325. The highest BCUT2D eigenvalue weighted by Crippen LogP contribution is 2.20. The van der Waals surface area contributed by atoms with Crippen molar-refractivity contribution in [2.45, 2.75) is 6.42 Å². The van der Waals surface area contributed by atoms with Crippen molar-refractivity contribution < 1.29 is 4.74 Å². The van der Waals surface area contributed by atoms with Gasteiger partial charge in [0.1, 0.15) is 5.82 Å². The van der Waals surface area contributed by atoms with Crippen LogP contribution in [0.15, 0.2) is 18.3 Å². The van der Waals surface area contributed by atoms with E-state index in [1.165, 1.54) is 0 Å². The van der Waals surface area contributed by atoms with Crippen LogP contribution in [0.2, 0.25) is 0 Å². The monoisotopic (exact) mass is 239 g/mol. The van der Waals surface area contributed by atoms with Gasteiger partial charge in [0.15, 0.2) is 0 Å². The molecule has 4 nitrogen and oxygen atoms in total.